The Balaban J connectivity index is 1.76. The topological polar surface area (TPSA) is 110 Å². The Morgan fingerprint density at radius 2 is 2.03 bits per heavy atom. The molecule has 2 amide bonds. The summed E-state index contributed by atoms with van der Waals surface area (Å²) < 4.78 is 5.32. The number of piperidine rings is 1. The zero-order valence-corrected chi connectivity index (χ0v) is 21.2. The van der Waals surface area contributed by atoms with E-state index in [-0.39, 0.29) is 16.6 Å². The van der Waals surface area contributed by atoms with Crippen molar-refractivity contribution >= 4 is 46.6 Å². The summed E-state index contributed by atoms with van der Waals surface area (Å²) in [6, 6.07) is 7.27. The van der Waals surface area contributed by atoms with Crippen LogP contribution in [-0.4, -0.2) is 42.2 Å². The van der Waals surface area contributed by atoms with Gasteiger partial charge in [-0.05, 0) is 64.7 Å². The minimum absolute atomic E-state index is 0.165. The SMILES string of the molecule is Cc1[nH]c(C(=O)Nc2ccc(C#N)cc2N2CCCC(CNC(=O)OC(C)(C)C)C2)c(Cl)c1Cl. The molecule has 34 heavy (non-hydrogen) atoms. The summed E-state index contributed by atoms with van der Waals surface area (Å²) in [7, 11) is 0. The van der Waals surface area contributed by atoms with Gasteiger partial charge in [0.1, 0.15) is 11.3 Å². The van der Waals surface area contributed by atoms with Gasteiger partial charge in [0, 0.05) is 25.3 Å². The number of ether oxygens (including phenoxy) is 1. The molecule has 0 spiro atoms. The zero-order chi connectivity index (χ0) is 25.0. The molecule has 1 aromatic heterocycles. The number of benzene rings is 1. The number of carbonyl (C=O) groups is 2. The van der Waals surface area contributed by atoms with E-state index >= 15 is 0 Å². The van der Waals surface area contributed by atoms with Crippen LogP contribution in [0.25, 0.3) is 0 Å². The molecule has 0 bridgehead atoms. The average molecular weight is 506 g/mol. The van der Waals surface area contributed by atoms with E-state index in [2.05, 4.69) is 26.6 Å². The molecule has 1 aliphatic heterocycles. The quantitative estimate of drug-likeness (QED) is 0.497. The average Bonchev–Trinajstić information content (AvgIpc) is 3.04. The number of nitriles is 1. The van der Waals surface area contributed by atoms with Gasteiger partial charge < -0.3 is 25.3 Å². The highest BCUT2D eigenvalue weighted by Gasteiger charge is 2.25. The molecule has 0 aliphatic carbocycles. The molecule has 0 radical (unpaired) electrons. The summed E-state index contributed by atoms with van der Waals surface area (Å²) in [5.74, 6) is -0.235. The first-order chi connectivity index (χ1) is 16.0. The van der Waals surface area contributed by atoms with Crippen LogP contribution < -0.4 is 15.5 Å². The summed E-state index contributed by atoms with van der Waals surface area (Å²) in [4.78, 5) is 30.0. The van der Waals surface area contributed by atoms with Gasteiger partial charge >= 0.3 is 6.09 Å². The molecule has 0 saturated carbocycles. The number of nitrogens with one attached hydrogen (secondary N) is 3. The number of aryl methyl sites for hydroxylation is 1. The van der Waals surface area contributed by atoms with Crippen molar-refractivity contribution in [2.45, 2.75) is 46.1 Å². The summed E-state index contributed by atoms with van der Waals surface area (Å²) in [5, 5.41) is 15.6. The minimum Gasteiger partial charge on any atom is -0.444 e. The van der Waals surface area contributed by atoms with Crippen LogP contribution in [0.3, 0.4) is 0 Å². The Morgan fingerprint density at radius 3 is 2.65 bits per heavy atom. The molecule has 182 valence electrons. The van der Waals surface area contributed by atoms with Gasteiger partial charge in [-0.3, -0.25) is 4.79 Å². The van der Waals surface area contributed by atoms with Crippen LogP contribution in [0.5, 0.6) is 0 Å². The van der Waals surface area contributed by atoms with Gasteiger partial charge in [-0.1, -0.05) is 23.2 Å². The third-order valence-electron chi connectivity index (χ3n) is 5.45. The lowest BCUT2D eigenvalue weighted by Gasteiger charge is -2.35. The van der Waals surface area contributed by atoms with E-state index in [0.717, 1.165) is 25.1 Å². The molecule has 1 aromatic carbocycles. The van der Waals surface area contributed by atoms with Crippen LogP contribution in [0.15, 0.2) is 18.2 Å². The smallest absolute Gasteiger partial charge is 0.407 e. The highest BCUT2D eigenvalue weighted by Crippen LogP contribution is 2.33. The van der Waals surface area contributed by atoms with Gasteiger partial charge in [0.25, 0.3) is 5.91 Å². The van der Waals surface area contributed by atoms with E-state index in [1.54, 1.807) is 25.1 Å². The number of H-pyrrole nitrogens is 1. The second kappa shape index (κ2) is 10.6. The Kier molecular flexibility index (Phi) is 8.01. The molecule has 1 atom stereocenters. The predicted molar refractivity (Wildman–Crippen MR) is 134 cm³/mol. The highest BCUT2D eigenvalue weighted by molar-refractivity contribution is 6.44. The Morgan fingerprint density at radius 1 is 1.29 bits per heavy atom. The molecule has 8 nitrogen and oxygen atoms in total. The molecule has 3 N–H and O–H groups in total. The zero-order valence-electron chi connectivity index (χ0n) is 19.7. The van der Waals surface area contributed by atoms with Gasteiger partial charge in [-0.15, -0.1) is 0 Å². The molecular weight excluding hydrogens is 477 g/mol. The Labute approximate surface area is 209 Å². The van der Waals surface area contributed by atoms with E-state index < -0.39 is 17.6 Å². The van der Waals surface area contributed by atoms with Gasteiger partial charge in [0.05, 0.1) is 33.1 Å². The van der Waals surface area contributed by atoms with Gasteiger partial charge in [-0.25, -0.2) is 4.79 Å². The molecule has 1 aliphatic rings. The number of nitrogens with zero attached hydrogens (tertiary/aromatic N) is 2. The Hall–Kier alpha value is -2.89. The van der Waals surface area contributed by atoms with E-state index in [1.165, 1.54) is 0 Å². The Bertz CT molecular complexity index is 1120. The highest BCUT2D eigenvalue weighted by atomic mass is 35.5. The van der Waals surface area contributed by atoms with Crippen LogP contribution in [0.2, 0.25) is 10.0 Å². The normalized spacial score (nSPS) is 16.0. The number of halogens is 2. The summed E-state index contributed by atoms with van der Waals surface area (Å²) in [5.41, 5.74) is 2.01. The van der Waals surface area contributed by atoms with Crippen LogP contribution in [0, 0.1) is 24.2 Å². The summed E-state index contributed by atoms with van der Waals surface area (Å²) in [6.07, 6.45) is 1.41. The molecule has 1 unspecified atom stereocenters. The first-order valence-electron chi connectivity index (χ1n) is 11.1. The fourth-order valence-corrected chi connectivity index (χ4v) is 4.29. The van der Waals surface area contributed by atoms with E-state index in [1.807, 2.05) is 20.8 Å². The number of rotatable bonds is 5. The van der Waals surface area contributed by atoms with E-state index in [0.29, 0.717) is 35.1 Å². The van der Waals surface area contributed by atoms with Crippen molar-refractivity contribution < 1.29 is 14.3 Å². The number of anilines is 2. The van der Waals surface area contributed by atoms with Crippen molar-refractivity contribution in [2.24, 2.45) is 5.92 Å². The molecule has 1 fully saturated rings. The van der Waals surface area contributed by atoms with Crippen molar-refractivity contribution in [2.75, 3.05) is 29.9 Å². The maximum Gasteiger partial charge on any atom is 0.407 e. The molecule has 3 rings (SSSR count). The summed E-state index contributed by atoms with van der Waals surface area (Å²) in [6.45, 7) is 9.09. The van der Waals surface area contributed by atoms with Gasteiger partial charge in [0.2, 0.25) is 0 Å². The number of alkyl carbamates (subject to hydrolysis) is 1. The van der Waals surface area contributed by atoms with Crippen LogP contribution in [-0.2, 0) is 4.74 Å². The lowest BCUT2D eigenvalue weighted by Crippen LogP contribution is -2.42. The largest absolute Gasteiger partial charge is 0.444 e. The monoisotopic (exact) mass is 505 g/mol. The maximum atomic E-state index is 12.9. The number of carbonyl (C=O) groups excluding carboxylic acids is 2. The second-order valence-corrected chi connectivity index (χ2v) is 10.1. The van der Waals surface area contributed by atoms with E-state index in [9.17, 15) is 14.9 Å². The van der Waals surface area contributed by atoms with Crippen molar-refractivity contribution in [1.29, 1.82) is 5.26 Å². The number of aromatic nitrogens is 1. The maximum absolute atomic E-state index is 12.9. The fraction of sp³-hybridized carbons (Fsp3) is 0.458. The number of aromatic amines is 1. The van der Waals surface area contributed by atoms with E-state index in [4.69, 9.17) is 27.9 Å². The first-order valence-corrected chi connectivity index (χ1v) is 11.8. The van der Waals surface area contributed by atoms with Crippen molar-refractivity contribution in [1.82, 2.24) is 10.3 Å². The van der Waals surface area contributed by atoms with Crippen molar-refractivity contribution in [3.05, 3.63) is 45.2 Å². The molecule has 10 heteroatoms. The van der Waals surface area contributed by atoms with Gasteiger partial charge in [0.15, 0.2) is 0 Å². The molecule has 2 heterocycles. The number of hydrogen-bond acceptors (Lipinski definition) is 5. The molecule has 1 saturated heterocycles. The first kappa shape index (κ1) is 25.7. The van der Waals surface area contributed by atoms with Crippen LogP contribution in [0.1, 0.15) is 55.4 Å². The standard InChI is InChI=1S/C24H29Cl2N5O3/c1-14-19(25)20(26)21(29-14)22(32)30-17-8-7-15(11-27)10-18(17)31-9-5-6-16(13-31)12-28-23(33)34-24(2,3)4/h7-8,10,16,29H,5-6,9,12-13H2,1-4H3,(H,28,33)(H,30,32). The molecular formula is C24H29Cl2N5O3. The van der Waals surface area contributed by atoms with Crippen molar-refractivity contribution in [3.8, 4) is 6.07 Å². The lowest BCUT2D eigenvalue weighted by atomic mass is 9.97. The van der Waals surface area contributed by atoms with Gasteiger partial charge in [-0.2, -0.15) is 5.26 Å². The second-order valence-electron chi connectivity index (χ2n) is 9.39. The predicted octanol–water partition coefficient (Wildman–Crippen LogP) is 5.50. The lowest BCUT2D eigenvalue weighted by molar-refractivity contribution is 0.0517. The third kappa shape index (κ3) is 6.37. The molecule has 2 aromatic rings. The van der Waals surface area contributed by atoms with Crippen LogP contribution >= 0.6 is 23.2 Å². The minimum atomic E-state index is -0.557. The number of hydrogen-bond donors (Lipinski definition) is 3. The third-order valence-corrected chi connectivity index (χ3v) is 6.40. The van der Waals surface area contributed by atoms with Crippen molar-refractivity contribution in [3.63, 3.8) is 0 Å². The number of amides is 2. The fourth-order valence-electron chi connectivity index (χ4n) is 3.87. The van der Waals surface area contributed by atoms with Crippen LogP contribution in [0.4, 0.5) is 16.2 Å². The summed E-state index contributed by atoms with van der Waals surface area (Å²) >= 11 is 12.3.